The average molecular weight is 527 g/mol. The summed E-state index contributed by atoms with van der Waals surface area (Å²) in [6.45, 7) is 2.69. The second-order valence-corrected chi connectivity index (χ2v) is 9.32. The molecule has 0 saturated carbocycles. The number of hydrogen-bond acceptors (Lipinski definition) is 5. The van der Waals surface area contributed by atoms with E-state index in [0.29, 0.717) is 27.4 Å². The number of thiazole rings is 1. The average Bonchev–Trinajstić information content (AvgIpc) is 3.23. The lowest BCUT2D eigenvalue weighted by Gasteiger charge is -2.21. The molecule has 0 unspecified atom stereocenters. The highest BCUT2D eigenvalue weighted by molar-refractivity contribution is 7.14. The van der Waals surface area contributed by atoms with Crippen LogP contribution in [0, 0.1) is 0 Å². The fourth-order valence-corrected chi connectivity index (χ4v) is 4.30. The van der Waals surface area contributed by atoms with E-state index in [-0.39, 0.29) is 16.5 Å². The molecule has 0 N–H and O–H groups in total. The number of hydrogen-bond donors (Lipinski definition) is 0. The van der Waals surface area contributed by atoms with Crippen molar-refractivity contribution in [2.75, 3.05) is 18.5 Å². The highest BCUT2D eigenvalue weighted by Crippen LogP contribution is 2.35. The highest BCUT2D eigenvalue weighted by atomic mass is 35.5. The zero-order chi connectivity index (χ0) is 24.0. The Hall–Kier alpha value is -2.32. The monoisotopic (exact) mass is 525 g/mol. The van der Waals surface area contributed by atoms with Crippen molar-refractivity contribution in [1.82, 2.24) is 9.88 Å². The van der Waals surface area contributed by atoms with Crippen LogP contribution >= 0.6 is 46.1 Å². The smallest absolute Gasteiger partial charge is 0.390 e. The van der Waals surface area contributed by atoms with Gasteiger partial charge in [0.1, 0.15) is 0 Å². The number of ether oxygens (including phenoxy) is 1. The first-order valence-electron chi connectivity index (χ1n) is 10.2. The number of unbranched alkanes of at least 4 members (excludes halogenated alkanes) is 2. The molecule has 0 atom stereocenters. The first kappa shape index (κ1) is 25.3. The zero-order valence-electron chi connectivity index (χ0n) is 18.1. The third-order valence-corrected chi connectivity index (χ3v) is 6.32. The maximum Gasteiger partial charge on any atom is 0.416 e. The minimum Gasteiger partial charge on any atom is -0.390 e. The van der Waals surface area contributed by atoms with Gasteiger partial charge in [0.2, 0.25) is 11.0 Å². The van der Waals surface area contributed by atoms with Crippen molar-refractivity contribution in [3.05, 3.63) is 68.5 Å². The van der Waals surface area contributed by atoms with Crippen LogP contribution < -0.4 is 9.64 Å². The van der Waals surface area contributed by atoms with Crippen LogP contribution in [0.3, 0.4) is 0 Å². The first-order valence-corrected chi connectivity index (χ1v) is 12.2. The van der Waals surface area contributed by atoms with Crippen LogP contribution in [0.25, 0.3) is 0 Å². The molecule has 1 aromatic heterocycles. The van der Waals surface area contributed by atoms with E-state index in [0.717, 1.165) is 30.6 Å². The third kappa shape index (κ3) is 6.60. The molecule has 0 aliphatic rings. The van der Waals surface area contributed by atoms with Gasteiger partial charge in [0.05, 0.1) is 21.7 Å². The van der Waals surface area contributed by atoms with Crippen LogP contribution in [0.5, 0.6) is 5.88 Å². The lowest BCUT2D eigenvalue weighted by Crippen LogP contribution is -2.30. The number of carbonyl (C=O) groups is 2. The van der Waals surface area contributed by atoms with Gasteiger partial charge in [0, 0.05) is 23.6 Å². The Bertz CT molecular complexity index is 1120. The van der Waals surface area contributed by atoms with Gasteiger partial charge >= 0.3 is 6.09 Å². The minimum absolute atomic E-state index is 0.108. The number of aromatic nitrogens is 1. The van der Waals surface area contributed by atoms with Gasteiger partial charge in [-0.2, -0.15) is 4.98 Å². The van der Waals surface area contributed by atoms with Gasteiger partial charge in [-0.3, -0.25) is 9.69 Å². The second-order valence-electron chi connectivity index (χ2n) is 7.21. The summed E-state index contributed by atoms with van der Waals surface area (Å²) in [4.78, 5) is 33.1. The van der Waals surface area contributed by atoms with Crippen LogP contribution in [0.1, 0.15) is 36.5 Å². The molecule has 1 heterocycles. The number of nitrogens with zero attached hydrogens (tertiary/aromatic N) is 3. The van der Waals surface area contributed by atoms with Gasteiger partial charge in [0.25, 0.3) is 5.91 Å². The van der Waals surface area contributed by atoms with Crippen molar-refractivity contribution < 1.29 is 14.3 Å². The molecule has 0 fully saturated rings. The molecule has 2 aromatic carbocycles. The summed E-state index contributed by atoms with van der Waals surface area (Å²) in [5, 5.41) is 3.04. The molecule has 0 saturated heterocycles. The van der Waals surface area contributed by atoms with E-state index in [1.165, 1.54) is 15.9 Å². The SMILES string of the molecule is CCCCCN(C)C(=O)Oc1csc(N(C(=O)c2ccc(Cl)cc2Cl)c2ccc(Cl)cc2)n1. The summed E-state index contributed by atoms with van der Waals surface area (Å²) in [6.07, 6.45) is 2.48. The van der Waals surface area contributed by atoms with Crippen molar-refractivity contribution in [3.8, 4) is 5.88 Å². The fourth-order valence-electron chi connectivity index (χ4n) is 2.95. The van der Waals surface area contributed by atoms with Crippen molar-refractivity contribution in [2.45, 2.75) is 26.2 Å². The van der Waals surface area contributed by atoms with Crippen molar-refractivity contribution in [3.63, 3.8) is 0 Å². The number of amides is 2. The Morgan fingerprint density at radius 3 is 2.39 bits per heavy atom. The van der Waals surface area contributed by atoms with Gasteiger partial charge in [0.15, 0.2) is 0 Å². The molecule has 0 bridgehead atoms. The Balaban J connectivity index is 1.87. The fraction of sp³-hybridized carbons (Fsp3) is 0.261. The van der Waals surface area contributed by atoms with Crippen LogP contribution in [0.4, 0.5) is 15.6 Å². The molecule has 0 radical (unpaired) electrons. The van der Waals surface area contributed by atoms with Gasteiger partial charge in [-0.1, -0.05) is 54.6 Å². The lowest BCUT2D eigenvalue weighted by molar-refractivity contribution is 0.0999. The first-order chi connectivity index (χ1) is 15.8. The number of anilines is 2. The Kier molecular flexibility index (Phi) is 8.97. The largest absolute Gasteiger partial charge is 0.416 e. The maximum absolute atomic E-state index is 13.5. The van der Waals surface area contributed by atoms with E-state index >= 15 is 0 Å². The molecule has 0 aliphatic carbocycles. The van der Waals surface area contributed by atoms with Crippen LogP contribution in [-0.2, 0) is 0 Å². The molecular weight excluding hydrogens is 505 g/mol. The van der Waals surface area contributed by atoms with E-state index < -0.39 is 12.0 Å². The number of carbonyl (C=O) groups excluding carboxylic acids is 2. The molecule has 3 rings (SSSR count). The number of halogens is 3. The predicted octanol–water partition coefficient (Wildman–Crippen LogP) is 7.70. The summed E-state index contributed by atoms with van der Waals surface area (Å²) < 4.78 is 5.40. The van der Waals surface area contributed by atoms with Crippen LogP contribution in [0.2, 0.25) is 15.1 Å². The molecule has 33 heavy (non-hydrogen) atoms. The van der Waals surface area contributed by atoms with E-state index in [1.54, 1.807) is 48.8 Å². The summed E-state index contributed by atoms with van der Waals surface area (Å²) in [5.74, 6) is -0.306. The summed E-state index contributed by atoms with van der Waals surface area (Å²) in [7, 11) is 1.68. The summed E-state index contributed by atoms with van der Waals surface area (Å²) in [5.41, 5.74) is 0.778. The van der Waals surface area contributed by atoms with Crippen LogP contribution in [0.15, 0.2) is 47.8 Å². The third-order valence-electron chi connectivity index (χ3n) is 4.71. The Labute approximate surface area is 211 Å². The van der Waals surface area contributed by atoms with Crippen molar-refractivity contribution in [2.24, 2.45) is 0 Å². The molecule has 6 nitrogen and oxygen atoms in total. The standard InChI is InChI=1S/C23H22Cl3N3O3S/c1-3-4-5-12-28(2)23(31)32-20-14-33-22(27-20)29(17-9-6-15(24)7-10-17)21(30)18-11-8-16(25)13-19(18)26/h6-11,13-14H,3-5,12H2,1-2H3. The Morgan fingerprint density at radius 1 is 1.03 bits per heavy atom. The molecular formula is C23H22Cl3N3O3S. The Morgan fingerprint density at radius 2 is 1.73 bits per heavy atom. The lowest BCUT2D eigenvalue weighted by atomic mass is 10.2. The molecule has 174 valence electrons. The molecule has 0 aliphatic heterocycles. The summed E-state index contributed by atoms with van der Waals surface area (Å²) in [6, 6.07) is 11.4. The predicted molar refractivity (Wildman–Crippen MR) is 135 cm³/mol. The van der Waals surface area contributed by atoms with Gasteiger partial charge in [-0.05, 0) is 48.9 Å². The quantitative estimate of drug-likeness (QED) is 0.282. The van der Waals surface area contributed by atoms with E-state index in [2.05, 4.69) is 11.9 Å². The maximum atomic E-state index is 13.5. The molecule has 0 spiro atoms. The zero-order valence-corrected chi connectivity index (χ0v) is 21.1. The number of rotatable bonds is 8. The van der Waals surface area contributed by atoms with Gasteiger partial charge < -0.3 is 9.64 Å². The highest BCUT2D eigenvalue weighted by Gasteiger charge is 2.26. The minimum atomic E-state index is -0.506. The topological polar surface area (TPSA) is 62.7 Å². The van der Waals surface area contributed by atoms with Crippen molar-refractivity contribution >= 4 is 69.0 Å². The molecule has 2 amide bonds. The van der Waals surface area contributed by atoms with E-state index in [9.17, 15) is 9.59 Å². The van der Waals surface area contributed by atoms with Crippen molar-refractivity contribution in [1.29, 1.82) is 0 Å². The van der Waals surface area contributed by atoms with Gasteiger partial charge in [-0.25, -0.2) is 4.79 Å². The van der Waals surface area contributed by atoms with Crippen LogP contribution in [-0.4, -0.2) is 35.5 Å². The molecule has 10 heteroatoms. The summed E-state index contributed by atoms with van der Waals surface area (Å²) >= 11 is 19.5. The normalized spacial score (nSPS) is 10.7. The second kappa shape index (κ2) is 11.7. The van der Waals surface area contributed by atoms with E-state index in [1.807, 2.05) is 0 Å². The van der Waals surface area contributed by atoms with Gasteiger partial charge in [-0.15, -0.1) is 11.3 Å². The number of benzene rings is 2. The molecule has 3 aromatic rings. The van der Waals surface area contributed by atoms with E-state index in [4.69, 9.17) is 39.5 Å².